The molecule has 0 bridgehead atoms. The van der Waals surface area contributed by atoms with Gasteiger partial charge in [-0.2, -0.15) is 0 Å². The molecule has 0 aliphatic carbocycles. The van der Waals surface area contributed by atoms with Crippen molar-refractivity contribution in [3.63, 3.8) is 0 Å². The van der Waals surface area contributed by atoms with Gasteiger partial charge in [0.2, 0.25) is 0 Å². The first-order chi connectivity index (χ1) is 9.04. The number of nitrogens with two attached hydrogens (primary N) is 1. The average molecular weight is 265 g/mol. The number of ether oxygens (including phenoxy) is 1. The summed E-state index contributed by atoms with van der Waals surface area (Å²) in [5.74, 6) is -0.321. The van der Waals surface area contributed by atoms with Gasteiger partial charge in [0.1, 0.15) is 0 Å². The molecular weight excluding hydrogens is 242 g/mol. The summed E-state index contributed by atoms with van der Waals surface area (Å²) in [6.45, 7) is 3.98. The maximum Gasteiger partial charge on any atom is 0.338 e. The number of carbonyl (C=O) groups excluding carboxylic acids is 1. The third-order valence-corrected chi connectivity index (χ3v) is 2.66. The molecule has 0 fully saturated rings. The van der Waals surface area contributed by atoms with E-state index in [0.29, 0.717) is 17.9 Å². The molecule has 1 rings (SSSR count). The van der Waals surface area contributed by atoms with Crippen molar-refractivity contribution in [1.82, 2.24) is 4.90 Å². The van der Waals surface area contributed by atoms with Gasteiger partial charge in [-0.1, -0.05) is 0 Å². The van der Waals surface area contributed by atoms with Gasteiger partial charge >= 0.3 is 5.97 Å². The van der Waals surface area contributed by atoms with Crippen molar-refractivity contribution in [2.75, 3.05) is 44.8 Å². The number of benzene rings is 1. The molecule has 0 aliphatic heterocycles. The summed E-state index contributed by atoms with van der Waals surface area (Å²) in [5, 5.41) is 3.25. The lowest BCUT2D eigenvalue weighted by molar-refractivity contribution is 0.0526. The molecule has 0 aliphatic rings. The van der Waals surface area contributed by atoms with Gasteiger partial charge in [-0.3, -0.25) is 0 Å². The van der Waals surface area contributed by atoms with Crippen LogP contribution < -0.4 is 11.1 Å². The van der Waals surface area contributed by atoms with Crippen LogP contribution in [0.5, 0.6) is 0 Å². The quantitative estimate of drug-likeness (QED) is 0.447. The van der Waals surface area contributed by atoms with Crippen LogP contribution >= 0.6 is 0 Å². The van der Waals surface area contributed by atoms with Gasteiger partial charge in [-0.25, -0.2) is 4.79 Å². The number of hydrogen-bond donors (Lipinski definition) is 2. The molecule has 106 valence electrons. The Bertz CT molecular complexity index is 419. The molecule has 0 atom stereocenters. The van der Waals surface area contributed by atoms with Crippen molar-refractivity contribution in [2.45, 2.75) is 13.3 Å². The standard InChI is InChI=1S/C14H23N3O2/c1-4-19-14(18)11-6-7-12(15)13(10-11)16-8-5-9-17(2)3/h6-7,10,16H,4-5,8-9,15H2,1-3H3. The molecule has 19 heavy (non-hydrogen) atoms. The van der Waals surface area contributed by atoms with E-state index in [0.717, 1.165) is 25.2 Å². The second kappa shape index (κ2) is 7.63. The normalized spacial score (nSPS) is 10.5. The van der Waals surface area contributed by atoms with Gasteiger partial charge < -0.3 is 20.7 Å². The summed E-state index contributed by atoms with van der Waals surface area (Å²) in [6, 6.07) is 5.14. The minimum atomic E-state index is -0.321. The molecule has 0 unspecified atom stereocenters. The molecule has 0 heterocycles. The highest BCUT2D eigenvalue weighted by atomic mass is 16.5. The first-order valence-electron chi connectivity index (χ1n) is 6.49. The van der Waals surface area contributed by atoms with E-state index < -0.39 is 0 Å². The summed E-state index contributed by atoms with van der Waals surface area (Å²) >= 11 is 0. The minimum absolute atomic E-state index is 0.321. The van der Waals surface area contributed by atoms with Crippen LogP contribution in [-0.4, -0.2) is 44.7 Å². The molecule has 0 radical (unpaired) electrons. The van der Waals surface area contributed by atoms with Crippen molar-refractivity contribution in [2.24, 2.45) is 0 Å². The molecule has 0 aromatic heterocycles. The summed E-state index contributed by atoms with van der Waals surface area (Å²) in [7, 11) is 4.07. The zero-order valence-electron chi connectivity index (χ0n) is 11.9. The van der Waals surface area contributed by atoms with Crippen LogP contribution in [0.4, 0.5) is 11.4 Å². The van der Waals surface area contributed by atoms with Gasteiger partial charge in [-0.05, 0) is 52.2 Å². The Kier molecular flexibility index (Phi) is 6.15. The Morgan fingerprint density at radius 2 is 2.16 bits per heavy atom. The largest absolute Gasteiger partial charge is 0.462 e. The minimum Gasteiger partial charge on any atom is -0.462 e. The van der Waals surface area contributed by atoms with Crippen LogP contribution in [0.15, 0.2) is 18.2 Å². The first kappa shape index (κ1) is 15.3. The third kappa shape index (κ3) is 5.18. The smallest absolute Gasteiger partial charge is 0.338 e. The summed E-state index contributed by atoms with van der Waals surface area (Å²) < 4.78 is 4.97. The van der Waals surface area contributed by atoms with Crippen molar-refractivity contribution >= 4 is 17.3 Å². The van der Waals surface area contributed by atoms with Crippen LogP contribution in [0.25, 0.3) is 0 Å². The maximum atomic E-state index is 11.6. The number of nitrogen functional groups attached to an aromatic ring is 1. The molecule has 5 nitrogen and oxygen atoms in total. The Hall–Kier alpha value is -1.75. The topological polar surface area (TPSA) is 67.6 Å². The van der Waals surface area contributed by atoms with Crippen molar-refractivity contribution in [1.29, 1.82) is 0 Å². The highest BCUT2D eigenvalue weighted by Crippen LogP contribution is 2.20. The Labute approximate surface area is 114 Å². The van der Waals surface area contributed by atoms with Crippen LogP contribution in [0, 0.1) is 0 Å². The second-order valence-corrected chi connectivity index (χ2v) is 4.61. The van der Waals surface area contributed by atoms with Gasteiger partial charge in [-0.15, -0.1) is 0 Å². The summed E-state index contributed by atoms with van der Waals surface area (Å²) in [5.41, 5.74) is 7.82. The van der Waals surface area contributed by atoms with Gasteiger partial charge in [0.05, 0.1) is 23.5 Å². The van der Waals surface area contributed by atoms with E-state index in [1.54, 1.807) is 25.1 Å². The number of hydrogen-bond acceptors (Lipinski definition) is 5. The lowest BCUT2D eigenvalue weighted by Crippen LogP contribution is -2.17. The SMILES string of the molecule is CCOC(=O)c1ccc(N)c(NCCCN(C)C)c1. The van der Waals surface area contributed by atoms with E-state index in [2.05, 4.69) is 10.2 Å². The number of rotatable bonds is 7. The number of nitrogens with zero attached hydrogens (tertiary/aromatic N) is 1. The van der Waals surface area contributed by atoms with E-state index in [-0.39, 0.29) is 5.97 Å². The lowest BCUT2D eigenvalue weighted by atomic mass is 10.1. The predicted octanol–water partition coefficient (Wildman–Crippen LogP) is 1.81. The average Bonchev–Trinajstić information content (AvgIpc) is 2.36. The highest BCUT2D eigenvalue weighted by Gasteiger charge is 2.08. The van der Waals surface area contributed by atoms with Crippen LogP contribution in [0.2, 0.25) is 0 Å². The molecule has 0 saturated heterocycles. The Morgan fingerprint density at radius 1 is 1.42 bits per heavy atom. The third-order valence-electron chi connectivity index (χ3n) is 2.66. The van der Waals surface area contributed by atoms with Crippen LogP contribution in [0.3, 0.4) is 0 Å². The predicted molar refractivity (Wildman–Crippen MR) is 78.5 cm³/mol. The van der Waals surface area contributed by atoms with Crippen LogP contribution in [0.1, 0.15) is 23.7 Å². The fourth-order valence-electron chi connectivity index (χ4n) is 1.67. The van der Waals surface area contributed by atoms with Crippen molar-refractivity contribution < 1.29 is 9.53 Å². The summed E-state index contributed by atoms with van der Waals surface area (Å²) in [4.78, 5) is 13.8. The van der Waals surface area contributed by atoms with Gasteiger partial charge in [0.15, 0.2) is 0 Å². The first-order valence-corrected chi connectivity index (χ1v) is 6.49. The molecule has 0 spiro atoms. The number of anilines is 2. The van der Waals surface area contributed by atoms with E-state index in [9.17, 15) is 4.79 Å². The molecule has 5 heteroatoms. The number of carbonyl (C=O) groups is 1. The Balaban J connectivity index is 2.61. The second-order valence-electron chi connectivity index (χ2n) is 4.61. The number of esters is 1. The van der Waals surface area contributed by atoms with E-state index in [1.165, 1.54) is 0 Å². The summed E-state index contributed by atoms with van der Waals surface area (Å²) in [6.07, 6.45) is 1.01. The van der Waals surface area contributed by atoms with E-state index in [1.807, 2.05) is 14.1 Å². The van der Waals surface area contributed by atoms with Gasteiger partial charge in [0.25, 0.3) is 0 Å². The van der Waals surface area contributed by atoms with Crippen LogP contribution in [-0.2, 0) is 4.74 Å². The molecule has 3 N–H and O–H groups in total. The number of nitrogens with one attached hydrogen (secondary N) is 1. The monoisotopic (exact) mass is 265 g/mol. The fraction of sp³-hybridized carbons (Fsp3) is 0.500. The fourth-order valence-corrected chi connectivity index (χ4v) is 1.67. The molecule has 0 amide bonds. The molecular formula is C14H23N3O2. The molecule has 0 saturated carbocycles. The highest BCUT2D eigenvalue weighted by molar-refractivity contribution is 5.92. The zero-order chi connectivity index (χ0) is 14.3. The van der Waals surface area contributed by atoms with E-state index in [4.69, 9.17) is 10.5 Å². The Morgan fingerprint density at radius 3 is 2.79 bits per heavy atom. The lowest BCUT2D eigenvalue weighted by Gasteiger charge is -2.13. The molecule has 1 aromatic rings. The van der Waals surface area contributed by atoms with Crippen molar-refractivity contribution in [3.8, 4) is 0 Å². The molecule has 1 aromatic carbocycles. The maximum absolute atomic E-state index is 11.6. The zero-order valence-corrected chi connectivity index (χ0v) is 11.9. The van der Waals surface area contributed by atoms with Crippen molar-refractivity contribution in [3.05, 3.63) is 23.8 Å². The van der Waals surface area contributed by atoms with E-state index >= 15 is 0 Å². The van der Waals surface area contributed by atoms with Gasteiger partial charge in [0, 0.05) is 6.54 Å².